The summed E-state index contributed by atoms with van der Waals surface area (Å²) >= 11 is 0. The van der Waals surface area contributed by atoms with Gasteiger partial charge in [0.25, 0.3) is 0 Å². The minimum absolute atomic E-state index is 0.659. The van der Waals surface area contributed by atoms with E-state index in [4.69, 9.17) is 0 Å². The maximum absolute atomic E-state index is 2.37. The Morgan fingerprint density at radius 2 is 0.750 bits per heavy atom. The summed E-state index contributed by atoms with van der Waals surface area (Å²) in [5.41, 5.74) is 3.18. The Labute approximate surface area is 127 Å². The summed E-state index contributed by atoms with van der Waals surface area (Å²) in [7, 11) is 0. The van der Waals surface area contributed by atoms with Gasteiger partial charge in [-0.15, -0.1) is 0 Å². The highest BCUT2D eigenvalue weighted by atomic mass is 14.3. The van der Waals surface area contributed by atoms with Crippen molar-refractivity contribution in [3.63, 3.8) is 0 Å². The average molecular weight is 274 g/mol. The molecule has 0 aliphatic rings. The molecule has 0 N–H and O–H groups in total. The van der Waals surface area contributed by atoms with Crippen LogP contribution in [0.5, 0.6) is 0 Å². The molecule has 0 radical (unpaired) electrons. The monoisotopic (exact) mass is 274 g/mol. The fourth-order valence-corrected chi connectivity index (χ4v) is 4.09. The average Bonchev–Trinajstić information content (AvgIpc) is 2.29. The van der Waals surface area contributed by atoms with Gasteiger partial charge < -0.3 is 0 Å². The van der Waals surface area contributed by atoms with Crippen LogP contribution in [0.25, 0.3) is 0 Å². The summed E-state index contributed by atoms with van der Waals surface area (Å²) in [6.45, 7) is 18.9. The number of hydrogen-bond acceptors (Lipinski definition) is 0. The predicted molar refractivity (Wildman–Crippen MR) is 91.3 cm³/mol. The lowest BCUT2D eigenvalue weighted by Crippen LogP contribution is -2.20. The van der Waals surface area contributed by atoms with E-state index >= 15 is 0 Å². The minimum atomic E-state index is 0.659. The van der Waals surface area contributed by atoms with Crippen LogP contribution in [0, 0.1) is 23.7 Å². The fraction of sp³-hybridized carbons (Fsp3) is 0.700. The zero-order chi connectivity index (χ0) is 15.4. The molecule has 0 unspecified atom stereocenters. The Kier molecular flexibility index (Phi) is 6.30. The van der Waals surface area contributed by atoms with Crippen LogP contribution < -0.4 is 0 Å². The molecule has 0 heteroatoms. The van der Waals surface area contributed by atoms with Crippen molar-refractivity contribution in [2.75, 3.05) is 0 Å². The van der Waals surface area contributed by atoms with Crippen LogP contribution in [0.1, 0.15) is 78.4 Å². The molecule has 1 aromatic carbocycles. The van der Waals surface area contributed by atoms with E-state index in [1.54, 1.807) is 11.1 Å². The second-order valence-corrected chi connectivity index (χ2v) is 7.66. The van der Waals surface area contributed by atoms with Gasteiger partial charge in [-0.25, -0.2) is 0 Å². The molecular formula is C20H34. The van der Waals surface area contributed by atoms with Gasteiger partial charge in [0.2, 0.25) is 0 Å². The van der Waals surface area contributed by atoms with E-state index in [2.05, 4.69) is 79.7 Å². The van der Waals surface area contributed by atoms with Crippen molar-refractivity contribution < 1.29 is 0 Å². The van der Waals surface area contributed by atoms with Gasteiger partial charge in [0.1, 0.15) is 0 Å². The van der Waals surface area contributed by atoms with Crippen LogP contribution in [0.3, 0.4) is 0 Å². The largest absolute Gasteiger partial charge is 0.0622 e. The molecule has 1 rings (SSSR count). The van der Waals surface area contributed by atoms with Gasteiger partial charge in [-0.05, 0) is 46.6 Å². The van der Waals surface area contributed by atoms with Gasteiger partial charge in [0.05, 0.1) is 0 Å². The third-order valence-electron chi connectivity index (χ3n) is 4.59. The zero-order valence-corrected chi connectivity index (χ0v) is 14.8. The van der Waals surface area contributed by atoms with Gasteiger partial charge >= 0.3 is 0 Å². The van der Waals surface area contributed by atoms with E-state index in [1.165, 1.54) is 0 Å². The quantitative estimate of drug-likeness (QED) is 0.557. The molecule has 0 saturated heterocycles. The van der Waals surface area contributed by atoms with Crippen LogP contribution in [0.2, 0.25) is 0 Å². The molecular weight excluding hydrogens is 240 g/mol. The summed E-state index contributed by atoms with van der Waals surface area (Å²) in [4.78, 5) is 0. The van der Waals surface area contributed by atoms with E-state index in [1.807, 2.05) is 0 Å². The van der Waals surface area contributed by atoms with Crippen LogP contribution in [0.4, 0.5) is 0 Å². The van der Waals surface area contributed by atoms with Gasteiger partial charge in [0.15, 0.2) is 0 Å². The molecule has 114 valence electrons. The van der Waals surface area contributed by atoms with Crippen molar-refractivity contribution in [2.24, 2.45) is 23.7 Å². The minimum Gasteiger partial charge on any atom is -0.0622 e. The van der Waals surface area contributed by atoms with Gasteiger partial charge in [-0.1, -0.05) is 79.7 Å². The first-order valence-corrected chi connectivity index (χ1v) is 8.36. The molecule has 0 amide bonds. The predicted octanol–water partition coefficient (Wildman–Crippen LogP) is 6.48. The lowest BCUT2D eigenvalue weighted by molar-refractivity contribution is 0.358. The third-order valence-corrected chi connectivity index (χ3v) is 4.59. The molecule has 0 aromatic heterocycles. The highest BCUT2D eigenvalue weighted by molar-refractivity contribution is 5.35. The molecule has 20 heavy (non-hydrogen) atoms. The lowest BCUT2D eigenvalue weighted by Gasteiger charge is -2.33. The molecule has 0 fully saturated rings. The summed E-state index contributed by atoms with van der Waals surface area (Å²) < 4.78 is 0. The van der Waals surface area contributed by atoms with Crippen LogP contribution in [-0.4, -0.2) is 0 Å². The van der Waals surface area contributed by atoms with E-state index in [9.17, 15) is 0 Å². The Morgan fingerprint density at radius 1 is 0.500 bits per heavy atom. The summed E-state index contributed by atoms with van der Waals surface area (Å²) in [6.07, 6.45) is 0. The topological polar surface area (TPSA) is 0 Å². The second-order valence-electron chi connectivity index (χ2n) is 7.66. The normalized spacial score (nSPS) is 12.7. The molecule has 0 aliphatic carbocycles. The molecule has 0 saturated carbocycles. The third kappa shape index (κ3) is 3.87. The second kappa shape index (κ2) is 7.29. The number of hydrogen-bond donors (Lipinski definition) is 0. The smallest absolute Gasteiger partial charge is 0.0113 e. The molecule has 0 bridgehead atoms. The zero-order valence-electron chi connectivity index (χ0n) is 14.8. The van der Waals surface area contributed by atoms with Crippen molar-refractivity contribution in [3.05, 3.63) is 35.4 Å². The Balaban J connectivity index is 3.34. The van der Waals surface area contributed by atoms with Gasteiger partial charge in [0, 0.05) is 0 Å². The lowest BCUT2D eigenvalue weighted by atomic mass is 9.72. The Bertz CT molecular complexity index is 343. The maximum atomic E-state index is 2.37. The SMILES string of the molecule is CC(C)C(c1ccccc1C(C(C)C)C(C)C)C(C)C. The van der Waals surface area contributed by atoms with E-state index < -0.39 is 0 Å². The van der Waals surface area contributed by atoms with Crippen molar-refractivity contribution >= 4 is 0 Å². The standard InChI is InChI=1S/C20H34/c1-13(2)19(14(3)4)17-11-9-10-12-18(17)20(15(5)6)16(7)8/h9-16,19-20H,1-8H3. The van der Waals surface area contributed by atoms with Crippen molar-refractivity contribution in [2.45, 2.75) is 67.2 Å². The molecule has 0 spiro atoms. The fourth-order valence-electron chi connectivity index (χ4n) is 4.09. The molecule has 0 atom stereocenters. The van der Waals surface area contributed by atoms with Crippen molar-refractivity contribution in [1.82, 2.24) is 0 Å². The van der Waals surface area contributed by atoms with Gasteiger partial charge in [-0.2, -0.15) is 0 Å². The molecule has 0 aliphatic heterocycles. The Morgan fingerprint density at radius 3 is 0.950 bits per heavy atom. The summed E-state index contributed by atoms with van der Waals surface area (Å²) in [5.74, 6) is 4.08. The van der Waals surface area contributed by atoms with Gasteiger partial charge in [-0.3, -0.25) is 0 Å². The van der Waals surface area contributed by atoms with Crippen LogP contribution in [0.15, 0.2) is 24.3 Å². The van der Waals surface area contributed by atoms with Crippen molar-refractivity contribution in [3.8, 4) is 0 Å². The highest BCUT2D eigenvalue weighted by Crippen LogP contribution is 2.40. The Hall–Kier alpha value is -0.780. The maximum Gasteiger partial charge on any atom is -0.0113 e. The van der Waals surface area contributed by atoms with Crippen LogP contribution >= 0.6 is 0 Å². The first-order chi connectivity index (χ1) is 9.27. The van der Waals surface area contributed by atoms with Crippen LogP contribution in [-0.2, 0) is 0 Å². The molecule has 0 nitrogen and oxygen atoms in total. The molecule has 0 heterocycles. The van der Waals surface area contributed by atoms with Crippen molar-refractivity contribution in [1.29, 1.82) is 0 Å². The van der Waals surface area contributed by atoms with E-state index in [0.717, 1.165) is 0 Å². The van der Waals surface area contributed by atoms with E-state index in [-0.39, 0.29) is 0 Å². The molecule has 1 aromatic rings. The summed E-state index contributed by atoms with van der Waals surface area (Å²) in [6, 6.07) is 9.18. The van der Waals surface area contributed by atoms with E-state index in [0.29, 0.717) is 35.5 Å². The first-order valence-electron chi connectivity index (χ1n) is 8.36. The first kappa shape index (κ1) is 17.3. The number of benzene rings is 1. The highest BCUT2D eigenvalue weighted by Gasteiger charge is 2.27. The summed E-state index contributed by atoms with van der Waals surface area (Å²) in [5, 5.41) is 0. The number of rotatable bonds is 6.